The average Bonchev–Trinajstić information content (AvgIpc) is 2.17. The van der Waals surface area contributed by atoms with E-state index in [9.17, 15) is 19.8 Å². The Bertz CT molecular complexity index is 240. The number of carboxylic acids is 2. The third-order valence-corrected chi connectivity index (χ3v) is 2.92. The summed E-state index contributed by atoms with van der Waals surface area (Å²) in [5.74, 6) is -3.15. The molecular formula is C10H15NO4-2. The van der Waals surface area contributed by atoms with Gasteiger partial charge in [0, 0.05) is 6.04 Å². The van der Waals surface area contributed by atoms with Crippen LogP contribution < -0.4 is 10.2 Å². The van der Waals surface area contributed by atoms with Gasteiger partial charge in [-0.3, -0.25) is 4.90 Å². The zero-order valence-corrected chi connectivity index (χ0v) is 8.77. The molecule has 1 heterocycles. The van der Waals surface area contributed by atoms with Crippen LogP contribution in [0, 0.1) is 0 Å². The van der Waals surface area contributed by atoms with E-state index >= 15 is 0 Å². The number of piperidine rings is 1. The van der Waals surface area contributed by atoms with Crippen molar-refractivity contribution in [1.29, 1.82) is 0 Å². The zero-order chi connectivity index (χ0) is 11.4. The highest BCUT2D eigenvalue weighted by atomic mass is 16.4. The summed E-state index contributed by atoms with van der Waals surface area (Å²) in [6, 6.07) is -1.59. The van der Waals surface area contributed by atoms with Gasteiger partial charge in [-0.25, -0.2) is 0 Å². The number of carboxylic acid groups (broad SMARTS) is 2. The second kappa shape index (κ2) is 5.11. The van der Waals surface area contributed by atoms with Gasteiger partial charge in [0.25, 0.3) is 0 Å². The maximum Gasteiger partial charge on any atom is 0.0897 e. The van der Waals surface area contributed by atoms with Crippen LogP contribution in [0.4, 0.5) is 0 Å². The number of carbonyl (C=O) groups excluding carboxylic acids is 2. The Hall–Kier alpha value is -1.10. The molecule has 0 N–H and O–H groups in total. The summed E-state index contributed by atoms with van der Waals surface area (Å²) in [5, 5.41) is 21.5. The van der Waals surface area contributed by atoms with Crippen molar-refractivity contribution in [3.8, 4) is 0 Å². The first-order valence-corrected chi connectivity index (χ1v) is 5.25. The Kier molecular flexibility index (Phi) is 4.08. The molecule has 0 spiro atoms. The SMILES string of the molecule is CCC1CCCCN1C(C(=O)[O-])C(=O)[O-]. The quantitative estimate of drug-likeness (QED) is 0.510. The fourth-order valence-corrected chi connectivity index (χ4v) is 2.17. The van der Waals surface area contributed by atoms with Gasteiger partial charge in [-0.1, -0.05) is 13.3 Å². The summed E-state index contributed by atoms with van der Waals surface area (Å²) in [6.07, 6.45) is 3.43. The Morgan fingerprint density at radius 1 is 1.33 bits per heavy atom. The third kappa shape index (κ3) is 2.68. The van der Waals surface area contributed by atoms with Crippen molar-refractivity contribution in [2.75, 3.05) is 6.54 Å². The molecule has 1 atom stereocenters. The molecule has 0 amide bonds. The second-order valence-electron chi connectivity index (χ2n) is 3.84. The third-order valence-electron chi connectivity index (χ3n) is 2.92. The van der Waals surface area contributed by atoms with Crippen LogP contribution in [0.3, 0.4) is 0 Å². The van der Waals surface area contributed by atoms with Crippen LogP contribution >= 0.6 is 0 Å². The van der Waals surface area contributed by atoms with Crippen molar-refractivity contribution < 1.29 is 19.8 Å². The van der Waals surface area contributed by atoms with Crippen molar-refractivity contribution in [3.63, 3.8) is 0 Å². The molecule has 1 aliphatic rings. The predicted octanol–water partition coefficient (Wildman–Crippen LogP) is -1.88. The summed E-state index contributed by atoms with van der Waals surface area (Å²) in [6.45, 7) is 2.41. The number of likely N-dealkylation sites (tertiary alicyclic amines) is 1. The smallest absolute Gasteiger partial charge is 0.0897 e. The van der Waals surface area contributed by atoms with E-state index in [1.165, 1.54) is 4.90 Å². The van der Waals surface area contributed by atoms with Crippen molar-refractivity contribution in [2.24, 2.45) is 0 Å². The molecule has 1 rings (SSSR count). The highest BCUT2D eigenvalue weighted by Gasteiger charge is 2.29. The average molecular weight is 213 g/mol. The molecule has 0 radical (unpaired) electrons. The molecule has 0 bridgehead atoms. The minimum Gasteiger partial charge on any atom is -0.548 e. The van der Waals surface area contributed by atoms with Gasteiger partial charge in [0.05, 0.1) is 18.0 Å². The molecule has 1 aliphatic heterocycles. The van der Waals surface area contributed by atoms with Crippen LogP contribution in [0.5, 0.6) is 0 Å². The van der Waals surface area contributed by atoms with Gasteiger partial charge in [0.2, 0.25) is 0 Å². The minimum atomic E-state index is -1.60. The van der Waals surface area contributed by atoms with Gasteiger partial charge in [0.1, 0.15) is 0 Å². The normalized spacial score (nSPS) is 22.9. The molecule has 5 nitrogen and oxygen atoms in total. The Morgan fingerprint density at radius 3 is 2.40 bits per heavy atom. The van der Waals surface area contributed by atoms with Crippen molar-refractivity contribution >= 4 is 11.9 Å². The van der Waals surface area contributed by atoms with E-state index in [1.54, 1.807) is 0 Å². The fourth-order valence-electron chi connectivity index (χ4n) is 2.17. The lowest BCUT2D eigenvalue weighted by Gasteiger charge is -2.41. The molecule has 86 valence electrons. The molecule has 1 saturated heterocycles. The van der Waals surface area contributed by atoms with Crippen molar-refractivity contribution in [3.05, 3.63) is 0 Å². The van der Waals surface area contributed by atoms with Crippen LogP contribution in [-0.2, 0) is 9.59 Å². The molecule has 0 aliphatic carbocycles. The highest BCUT2D eigenvalue weighted by molar-refractivity contribution is 5.95. The lowest BCUT2D eigenvalue weighted by atomic mass is 9.98. The Balaban J connectivity index is 2.80. The van der Waals surface area contributed by atoms with Gasteiger partial charge in [-0.2, -0.15) is 0 Å². The standard InChI is InChI=1S/C10H17NO4/c1-2-7-5-3-4-6-11(7)8(9(12)13)10(14)15/h7-8H,2-6H2,1H3,(H,12,13)(H,14,15)/p-2. The van der Waals surface area contributed by atoms with Crippen LogP contribution in [0.1, 0.15) is 32.6 Å². The van der Waals surface area contributed by atoms with Crippen molar-refractivity contribution in [2.45, 2.75) is 44.7 Å². The first-order chi connectivity index (χ1) is 7.07. The van der Waals surface area contributed by atoms with E-state index < -0.39 is 18.0 Å². The summed E-state index contributed by atoms with van der Waals surface area (Å²) in [7, 11) is 0. The molecule has 0 aromatic carbocycles. The molecule has 15 heavy (non-hydrogen) atoms. The monoisotopic (exact) mass is 213 g/mol. The number of hydrogen-bond donors (Lipinski definition) is 0. The van der Waals surface area contributed by atoms with Gasteiger partial charge >= 0.3 is 0 Å². The maximum absolute atomic E-state index is 10.7. The summed E-state index contributed by atoms with van der Waals surface area (Å²) in [5.41, 5.74) is 0. The molecule has 0 aromatic heterocycles. The molecule has 1 unspecified atom stereocenters. The second-order valence-corrected chi connectivity index (χ2v) is 3.84. The fraction of sp³-hybridized carbons (Fsp3) is 0.800. The summed E-state index contributed by atoms with van der Waals surface area (Å²) >= 11 is 0. The molecule has 0 saturated carbocycles. The topological polar surface area (TPSA) is 83.5 Å². The number of aliphatic carboxylic acids is 2. The van der Waals surface area contributed by atoms with Crippen molar-refractivity contribution in [1.82, 2.24) is 4.90 Å². The lowest BCUT2D eigenvalue weighted by Crippen LogP contribution is -2.61. The maximum atomic E-state index is 10.7. The van der Waals surface area contributed by atoms with E-state index in [1.807, 2.05) is 6.92 Å². The van der Waals surface area contributed by atoms with E-state index in [0.29, 0.717) is 6.54 Å². The van der Waals surface area contributed by atoms with Gasteiger partial charge in [-0.05, 0) is 25.8 Å². The van der Waals surface area contributed by atoms with E-state index in [-0.39, 0.29) is 6.04 Å². The largest absolute Gasteiger partial charge is 0.548 e. The number of hydrogen-bond acceptors (Lipinski definition) is 5. The first-order valence-electron chi connectivity index (χ1n) is 5.25. The molecule has 0 aromatic rings. The van der Waals surface area contributed by atoms with Crippen LogP contribution in [0.15, 0.2) is 0 Å². The number of carbonyl (C=O) groups is 2. The zero-order valence-electron chi connectivity index (χ0n) is 8.77. The molecular weight excluding hydrogens is 198 g/mol. The van der Waals surface area contributed by atoms with Gasteiger partial charge in [-0.15, -0.1) is 0 Å². The molecule has 1 fully saturated rings. The van der Waals surface area contributed by atoms with Crippen LogP contribution in [-0.4, -0.2) is 35.5 Å². The molecule has 5 heteroatoms. The van der Waals surface area contributed by atoms with E-state index in [0.717, 1.165) is 25.7 Å². The lowest BCUT2D eigenvalue weighted by molar-refractivity contribution is -0.333. The first kappa shape index (κ1) is 12.0. The number of nitrogens with zero attached hydrogens (tertiary/aromatic N) is 1. The van der Waals surface area contributed by atoms with Crippen LogP contribution in [0.2, 0.25) is 0 Å². The van der Waals surface area contributed by atoms with E-state index in [2.05, 4.69) is 0 Å². The number of rotatable bonds is 4. The van der Waals surface area contributed by atoms with Gasteiger partial charge < -0.3 is 19.8 Å². The van der Waals surface area contributed by atoms with Gasteiger partial charge in [0.15, 0.2) is 0 Å². The van der Waals surface area contributed by atoms with E-state index in [4.69, 9.17) is 0 Å². The Morgan fingerprint density at radius 2 is 1.93 bits per heavy atom. The predicted molar refractivity (Wildman–Crippen MR) is 48.4 cm³/mol. The summed E-state index contributed by atoms with van der Waals surface area (Å²) in [4.78, 5) is 22.9. The highest BCUT2D eigenvalue weighted by Crippen LogP contribution is 2.21. The van der Waals surface area contributed by atoms with Crippen LogP contribution in [0.25, 0.3) is 0 Å². The summed E-state index contributed by atoms with van der Waals surface area (Å²) < 4.78 is 0. The minimum absolute atomic E-state index is 0.0135. The Labute approximate surface area is 88.7 Å².